The van der Waals surface area contributed by atoms with E-state index in [4.69, 9.17) is 4.74 Å². The fourth-order valence-corrected chi connectivity index (χ4v) is 3.43. The van der Waals surface area contributed by atoms with E-state index in [1.165, 1.54) is 11.4 Å². The molecule has 0 unspecified atom stereocenters. The van der Waals surface area contributed by atoms with E-state index in [0.29, 0.717) is 17.0 Å². The van der Waals surface area contributed by atoms with Crippen LogP contribution in [0.5, 0.6) is 5.75 Å². The first-order chi connectivity index (χ1) is 11.8. The molecule has 134 valence electrons. The Morgan fingerprint density at radius 1 is 1.16 bits per heavy atom. The number of hydrogen-bond donors (Lipinski definition) is 1. The quantitative estimate of drug-likeness (QED) is 0.819. The van der Waals surface area contributed by atoms with Crippen LogP contribution in [0, 0.1) is 6.92 Å². The summed E-state index contributed by atoms with van der Waals surface area (Å²) in [5.74, 6) is 0.308. The average molecular weight is 362 g/mol. The molecule has 1 amide bonds. The molecule has 0 saturated carbocycles. The normalized spacial score (nSPS) is 11.0. The van der Waals surface area contributed by atoms with Crippen molar-refractivity contribution >= 4 is 21.6 Å². The van der Waals surface area contributed by atoms with E-state index in [1.54, 1.807) is 36.4 Å². The zero-order valence-corrected chi connectivity index (χ0v) is 15.3. The number of sulfonamides is 1. The molecule has 0 radical (unpaired) electrons. The van der Waals surface area contributed by atoms with Crippen LogP contribution in [-0.4, -0.2) is 40.8 Å². The maximum Gasteiger partial charge on any atom is 0.251 e. The van der Waals surface area contributed by atoms with E-state index in [1.807, 2.05) is 19.1 Å². The van der Waals surface area contributed by atoms with Crippen molar-refractivity contribution in [3.05, 3.63) is 59.7 Å². The molecular weight excluding hydrogens is 340 g/mol. The molecule has 0 bridgehead atoms. The lowest BCUT2D eigenvalue weighted by atomic mass is 10.2. The summed E-state index contributed by atoms with van der Waals surface area (Å²) in [6, 6.07) is 14.0. The van der Waals surface area contributed by atoms with Gasteiger partial charge >= 0.3 is 0 Å². The van der Waals surface area contributed by atoms with Crippen LogP contribution in [0.3, 0.4) is 0 Å². The Balaban J connectivity index is 2.07. The highest BCUT2D eigenvalue weighted by Crippen LogP contribution is 2.21. The highest BCUT2D eigenvalue weighted by molar-refractivity contribution is 7.92. The highest BCUT2D eigenvalue weighted by atomic mass is 32.2. The van der Waals surface area contributed by atoms with E-state index in [-0.39, 0.29) is 19.0 Å². The summed E-state index contributed by atoms with van der Waals surface area (Å²) >= 11 is 0. The van der Waals surface area contributed by atoms with Gasteiger partial charge in [-0.15, -0.1) is 0 Å². The van der Waals surface area contributed by atoms with Crippen LogP contribution >= 0.6 is 0 Å². The SMILES string of the molecule is COc1cccc(C(=O)NCCN(c2ccccc2C)S(C)(=O)=O)c1. The maximum atomic E-state index is 12.2. The second kappa shape index (κ2) is 8.02. The van der Waals surface area contributed by atoms with Crippen molar-refractivity contribution < 1.29 is 17.9 Å². The van der Waals surface area contributed by atoms with Crippen molar-refractivity contribution in [3.63, 3.8) is 0 Å². The van der Waals surface area contributed by atoms with E-state index in [2.05, 4.69) is 5.32 Å². The number of rotatable bonds is 7. The first-order valence-corrected chi connectivity index (χ1v) is 9.63. The minimum absolute atomic E-state index is 0.152. The number of nitrogens with one attached hydrogen (secondary N) is 1. The monoisotopic (exact) mass is 362 g/mol. The van der Waals surface area contributed by atoms with Gasteiger partial charge < -0.3 is 10.1 Å². The molecule has 2 rings (SSSR count). The Kier molecular flexibility index (Phi) is 6.03. The predicted octanol–water partition coefficient (Wildman–Crippen LogP) is 2.20. The van der Waals surface area contributed by atoms with Crippen LogP contribution in [0.15, 0.2) is 48.5 Å². The molecular formula is C18H22N2O4S. The van der Waals surface area contributed by atoms with Gasteiger partial charge in [0, 0.05) is 12.1 Å². The van der Waals surface area contributed by atoms with Gasteiger partial charge in [0.15, 0.2) is 0 Å². The first-order valence-electron chi connectivity index (χ1n) is 7.78. The standard InChI is InChI=1S/C18H22N2O4S/c1-14-7-4-5-10-17(14)20(25(3,22)23)12-11-19-18(21)15-8-6-9-16(13-15)24-2/h4-10,13H,11-12H2,1-3H3,(H,19,21). The number of anilines is 1. The van der Waals surface area contributed by atoms with Gasteiger partial charge in [-0.2, -0.15) is 0 Å². The fourth-order valence-electron chi connectivity index (χ4n) is 2.45. The summed E-state index contributed by atoms with van der Waals surface area (Å²) in [6.45, 7) is 2.19. The predicted molar refractivity (Wildman–Crippen MR) is 98.7 cm³/mol. The van der Waals surface area contributed by atoms with Crippen molar-refractivity contribution in [2.75, 3.05) is 30.8 Å². The van der Waals surface area contributed by atoms with Crippen molar-refractivity contribution in [1.82, 2.24) is 5.32 Å². The second-order valence-corrected chi connectivity index (χ2v) is 7.52. The van der Waals surface area contributed by atoms with Crippen molar-refractivity contribution in [2.45, 2.75) is 6.92 Å². The molecule has 0 spiro atoms. The number of carbonyl (C=O) groups is 1. The lowest BCUT2D eigenvalue weighted by Gasteiger charge is -2.24. The average Bonchev–Trinajstić information content (AvgIpc) is 2.58. The number of ether oxygens (including phenoxy) is 1. The van der Waals surface area contributed by atoms with E-state index in [9.17, 15) is 13.2 Å². The third kappa shape index (κ3) is 4.96. The molecule has 0 aromatic heterocycles. The lowest BCUT2D eigenvalue weighted by Crippen LogP contribution is -2.38. The van der Waals surface area contributed by atoms with Crippen LogP contribution in [0.1, 0.15) is 15.9 Å². The Hall–Kier alpha value is -2.54. The number of benzene rings is 2. The van der Waals surface area contributed by atoms with Crippen molar-refractivity contribution in [3.8, 4) is 5.75 Å². The summed E-state index contributed by atoms with van der Waals surface area (Å²) in [5.41, 5.74) is 1.92. The van der Waals surface area contributed by atoms with Crippen LogP contribution in [0.25, 0.3) is 0 Å². The molecule has 0 aliphatic carbocycles. The molecule has 0 heterocycles. The van der Waals surface area contributed by atoms with Crippen LogP contribution in [0.2, 0.25) is 0 Å². The van der Waals surface area contributed by atoms with Gasteiger partial charge in [-0.05, 0) is 36.8 Å². The molecule has 7 heteroatoms. The number of methoxy groups -OCH3 is 1. The number of carbonyl (C=O) groups excluding carboxylic acids is 1. The van der Waals surface area contributed by atoms with Gasteiger partial charge in [-0.25, -0.2) is 8.42 Å². The van der Waals surface area contributed by atoms with Crippen LogP contribution in [0.4, 0.5) is 5.69 Å². The topological polar surface area (TPSA) is 75.7 Å². The molecule has 0 saturated heterocycles. The third-order valence-electron chi connectivity index (χ3n) is 3.72. The Morgan fingerprint density at radius 3 is 2.52 bits per heavy atom. The number of hydrogen-bond acceptors (Lipinski definition) is 4. The van der Waals surface area contributed by atoms with Crippen molar-refractivity contribution in [2.24, 2.45) is 0 Å². The summed E-state index contributed by atoms with van der Waals surface area (Å²) in [5, 5.41) is 2.74. The molecule has 0 aliphatic heterocycles. The molecule has 2 aromatic carbocycles. The molecule has 2 aromatic rings. The molecule has 6 nitrogen and oxygen atoms in total. The highest BCUT2D eigenvalue weighted by Gasteiger charge is 2.19. The Morgan fingerprint density at radius 2 is 1.88 bits per heavy atom. The van der Waals surface area contributed by atoms with Gasteiger partial charge in [0.2, 0.25) is 10.0 Å². The minimum atomic E-state index is -3.45. The molecule has 25 heavy (non-hydrogen) atoms. The van der Waals surface area contributed by atoms with Crippen LogP contribution in [-0.2, 0) is 10.0 Å². The van der Waals surface area contributed by atoms with E-state index < -0.39 is 10.0 Å². The van der Waals surface area contributed by atoms with Gasteiger partial charge in [0.1, 0.15) is 5.75 Å². The van der Waals surface area contributed by atoms with Crippen molar-refractivity contribution in [1.29, 1.82) is 0 Å². The van der Waals surface area contributed by atoms with Crippen LogP contribution < -0.4 is 14.4 Å². The van der Waals surface area contributed by atoms with Gasteiger partial charge in [-0.3, -0.25) is 9.10 Å². The molecule has 1 N–H and O–H groups in total. The number of nitrogens with zero attached hydrogens (tertiary/aromatic N) is 1. The largest absolute Gasteiger partial charge is 0.497 e. The Bertz CT molecular complexity index is 850. The molecule has 0 aliphatic rings. The zero-order valence-electron chi connectivity index (χ0n) is 14.5. The van der Waals surface area contributed by atoms with Gasteiger partial charge in [0.05, 0.1) is 25.6 Å². The molecule has 0 atom stereocenters. The van der Waals surface area contributed by atoms with E-state index in [0.717, 1.165) is 11.8 Å². The number of amides is 1. The molecule has 0 fully saturated rings. The second-order valence-electron chi connectivity index (χ2n) is 5.61. The van der Waals surface area contributed by atoms with E-state index >= 15 is 0 Å². The summed E-state index contributed by atoms with van der Waals surface area (Å²) in [7, 11) is -1.92. The minimum Gasteiger partial charge on any atom is -0.497 e. The third-order valence-corrected chi connectivity index (χ3v) is 4.90. The summed E-state index contributed by atoms with van der Waals surface area (Å²) in [6.07, 6.45) is 1.16. The lowest BCUT2D eigenvalue weighted by molar-refractivity contribution is 0.0954. The maximum absolute atomic E-state index is 12.2. The fraction of sp³-hybridized carbons (Fsp3) is 0.278. The van der Waals surface area contributed by atoms with Gasteiger partial charge in [0.25, 0.3) is 5.91 Å². The summed E-state index contributed by atoms with van der Waals surface area (Å²) < 4.78 is 30.6. The smallest absolute Gasteiger partial charge is 0.251 e. The number of para-hydroxylation sites is 1. The first kappa shape index (κ1) is 18.8. The number of aryl methyl sites for hydroxylation is 1. The summed E-state index contributed by atoms with van der Waals surface area (Å²) in [4.78, 5) is 12.2. The zero-order chi connectivity index (χ0) is 18.4. The Labute approximate surface area is 148 Å². The van der Waals surface area contributed by atoms with Gasteiger partial charge in [-0.1, -0.05) is 24.3 Å².